The molecule has 0 saturated carbocycles. The van der Waals surface area contributed by atoms with E-state index in [4.69, 9.17) is 4.74 Å². The Morgan fingerprint density at radius 3 is 2.39 bits per heavy atom. The number of aromatic nitrogens is 2. The Morgan fingerprint density at radius 1 is 1.11 bits per heavy atom. The Balaban J connectivity index is 1.76. The van der Waals surface area contributed by atoms with Gasteiger partial charge in [-0.25, -0.2) is 4.79 Å². The van der Waals surface area contributed by atoms with Crippen LogP contribution in [0.5, 0.6) is 0 Å². The van der Waals surface area contributed by atoms with Gasteiger partial charge in [-0.05, 0) is 24.6 Å². The molecule has 3 rings (SSSR count). The Labute approximate surface area is 167 Å². The highest BCUT2D eigenvalue weighted by Crippen LogP contribution is 2.23. The van der Waals surface area contributed by atoms with Gasteiger partial charge in [0.1, 0.15) is 0 Å². The van der Waals surface area contributed by atoms with Crippen molar-refractivity contribution >= 4 is 29.3 Å². The van der Waals surface area contributed by atoms with Crippen LogP contribution in [0.4, 0.5) is 5.69 Å². The fraction of sp³-hybridized carbons (Fsp3) is 0.190. The number of carbonyl (C=O) groups excluding carboxylic acids is 2. The number of ether oxygens (including phenoxy) is 1. The fourth-order valence-electron chi connectivity index (χ4n) is 2.67. The van der Waals surface area contributed by atoms with E-state index >= 15 is 0 Å². The van der Waals surface area contributed by atoms with E-state index in [1.165, 1.54) is 18.9 Å². The van der Waals surface area contributed by atoms with Crippen LogP contribution in [0.1, 0.15) is 29.0 Å². The van der Waals surface area contributed by atoms with Crippen LogP contribution in [0.3, 0.4) is 0 Å². The van der Waals surface area contributed by atoms with Crippen LogP contribution in [0.25, 0.3) is 0 Å². The van der Waals surface area contributed by atoms with E-state index in [9.17, 15) is 9.59 Å². The standard InChI is InChI=1S/C21H21N3O3S/c1-15(16-9-5-3-6-10-16)24-13-18(20(23-24)21(26)27-2)22-19(25)14-28-17-11-7-4-8-12-17/h3-13,15H,14H2,1-2H3,(H,22,25). The summed E-state index contributed by atoms with van der Waals surface area (Å²) >= 11 is 1.42. The monoisotopic (exact) mass is 395 g/mol. The lowest BCUT2D eigenvalue weighted by atomic mass is 10.1. The zero-order valence-electron chi connectivity index (χ0n) is 15.7. The Bertz CT molecular complexity index is 942. The predicted molar refractivity (Wildman–Crippen MR) is 110 cm³/mol. The number of amides is 1. The summed E-state index contributed by atoms with van der Waals surface area (Å²) in [6.07, 6.45) is 1.66. The SMILES string of the molecule is COC(=O)c1nn(C(C)c2ccccc2)cc1NC(=O)CSc1ccccc1. The maximum atomic E-state index is 12.4. The highest BCUT2D eigenvalue weighted by atomic mass is 32.2. The van der Waals surface area contributed by atoms with Crippen LogP contribution in [0.2, 0.25) is 0 Å². The lowest BCUT2D eigenvalue weighted by molar-refractivity contribution is -0.113. The van der Waals surface area contributed by atoms with Gasteiger partial charge >= 0.3 is 5.97 Å². The van der Waals surface area contributed by atoms with Gasteiger partial charge < -0.3 is 10.1 Å². The van der Waals surface area contributed by atoms with Crippen LogP contribution in [-0.4, -0.2) is 34.5 Å². The molecular weight excluding hydrogens is 374 g/mol. The molecule has 0 radical (unpaired) electrons. The minimum Gasteiger partial charge on any atom is -0.464 e. The molecule has 1 N–H and O–H groups in total. The van der Waals surface area contributed by atoms with E-state index in [0.717, 1.165) is 10.5 Å². The van der Waals surface area contributed by atoms with E-state index in [1.807, 2.05) is 67.6 Å². The molecule has 1 heterocycles. The van der Waals surface area contributed by atoms with Crippen molar-refractivity contribution in [2.45, 2.75) is 17.9 Å². The van der Waals surface area contributed by atoms with Gasteiger partial charge in [-0.15, -0.1) is 11.8 Å². The number of nitrogens with zero attached hydrogens (tertiary/aromatic N) is 2. The first-order chi connectivity index (χ1) is 13.6. The Kier molecular flexibility index (Phi) is 6.49. The predicted octanol–water partition coefficient (Wildman–Crippen LogP) is 4.01. The van der Waals surface area contributed by atoms with Gasteiger partial charge in [0.05, 0.1) is 30.8 Å². The van der Waals surface area contributed by atoms with Gasteiger partial charge in [-0.1, -0.05) is 48.5 Å². The van der Waals surface area contributed by atoms with Crippen molar-refractivity contribution in [2.75, 3.05) is 18.2 Å². The van der Waals surface area contributed by atoms with Gasteiger partial charge in [-0.2, -0.15) is 5.10 Å². The summed E-state index contributed by atoms with van der Waals surface area (Å²) in [5.74, 6) is -0.583. The maximum Gasteiger partial charge on any atom is 0.360 e. The number of hydrogen-bond donors (Lipinski definition) is 1. The number of hydrogen-bond acceptors (Lipinski definition) is 5. The summed E-state index contributed by atoms with van der Waals surface area (Å²) in [6, 6.07) is 19.3. The summed E-state index contributed by atoms with van der Waals surface area (Å²) in [4.78, 5) is 25.5. The molecule has 0 aliphatic rings. The van der Waals surface area contributed by atoms with Gasteiger partial charge in [-0.3, -0.25) is 9.48 Å². The number of anilines is 1. The van der Waals surface area contributed by atoms with Gasteiger partial charge in [0.15, 0.2) is 5.69 Å². The molecule has 7 heteroatoms. The second kappa shape index (κ2) is 9.23. The van der Waals surface area contributed by atoms with E-state index in [1.54, 1.807) is 10.9 Å². The molecule has 6 nitrogen and oxygen atoms in total. The van der Waals surface area contributed by atoms with Crippen LogP contribution >= 0.6 is 11.8 Å². The number of benzene rings is 2. The third kappa shape index (κ3) is 4.80. The topological polar surface area (TPSA) is 73.2 Å². The molecule has 28 heavy (non-hydrogen) atoms. The van der Waals surface area contributed by atoms with Crippen LogP contribution in [-0.2, 0) is 9.53 Å². The molecule has 2 aromatic carbocycles. The van der Waals surface area contributed by atoms with Crippen LogP contribution < -0.4 is 5.32 Å². The minimum absolute atomic E-state index is 0.0864. The normalized spacial score (nSPS) is 11.6. The molecule has 0 fully saturated rings. The molecule has 0 saturated heterocycles. The third-order valence-electron chi connectivity index (χ3n) is 4.18. The van der Waals surface area contributed by atoms with Crippen molar-refractivity contribution in [2.24, 2.45) is 0 Å². The number of nitrogens with one attached hydrogen (secondary N) is 1. The molecule has 1 aromatic heterocycles. The molecule has 1 unspecified atom stereocenters. The molecule has 0 spiro atoms. The smallest absolute Gasteiger partial charge is 0.360 e. The number of esters is 1. The van der Waals surface area contributed by atoms with E-state index in [-0.39, 0.29) is 23.4 Å². The minimum atomic E-state index is -0.593. The quantitative estimate of drug-likeness (QED) is 0.483. The first-order valence-electron chi connectivity index (χ1n) is 8.78. The lowest BCUT2D eigenvalue weighted by Gasteiger charge is -2.12. The second-order valence-corrected chi connectivity index (χ2v) is 7.15. The number of carbonyl (C=O) groups is 2. The van der Waals surface area contributed by atoms with E-state index in [0.29, 0.717) is 5.69 Å². The van der Waals surface area contributed by atoms with Crippen LogP contribution in [0.15, 0.2) is 71.8 Å². The average Bonchev–Trinajstić information content (AvgIpc) is 3.16. The van der Waals surface area contributed by atoms with Gasteiger partial charge in [0, 0.05) is 4.90 Å². The van der Waals surface area contributed by atoms with Crippen LogP contribution in [0, 0.1) is 0 Å². The van der Waals surface area contributed by atoms with E-state index < -0.39 is 5.97 Å². The molecule has 3 aromatic rings. The Hall–Kier alpha value is -3.06. The number of thioether (sulfide) groups is 1. The first-order valence-corrected chi connectivity index (χ1v) is 9.77. The molecule has 1 amide bonds. The van der Waals surface area contributed by atoms with Crippen molar-refractivity contribution in [3.8, 4) is 0 Å². The molecule has 0 aliphatic heterocycles. The molecular formula is C21H21N3O3S. The summed E-state index contributed by atoms with van der Waals surface area (Å²) in [5.41, 5.74) is 1.47. The first kappa shape index (κ1) is 19.7. The van der Waals surface area contributed by atoms with Crippen molar-refractivity contribution in [3.05, 3.63) is 78.1 Å². The maximum absolute atomic E-state index is 12.4. The molecule has 1 atom stereocenters. The van der Waals surface area contributed by atoms with Crippen molar-refractivity contribution < 1.29 is 14.3 Å². The second-order valence-electron chi connectivity index (χ2n) is 6.10. The summed E-state index contributed by atoms with van der Waals surface area (Å²) in [6.45, 7) is 1.97. The van der Waals surface area contributed by atoms with Crippen molar-refractivity contribution in [1.82, 2.24) is 9.78 Å². The largest absolute Gasteiger partial charge is 0.464 e. The molecule has 144 valence electrons. The van der Waals surface area contributed by atoms with E-state index in [2.05, 4.69) is 10.4 Å². The van der Waals surface area contributed by atoms with Gasteiger partial charge in [0.2, 0.25) is 5.91 Å². The highest BCUT2D eigenvalue weighted by Gasteiger charge is 2.21. The summed E-state index contributed by atoms with van der Waals surface area (Å²) in [5, 5.41) is 7.13. The highest BCUT2D eigenvalue weighted by molar-refractivity contribution is 8.00. The molecule has 0 aliphatic carbocycles. The average molecular weight is 395 g/mol. The summed E-state index contributed by atoms with van der Waals surface area (Å²) in [7, 11) is 1.29. The third-order valence-corrected chi connectivity index (χ3v) is 5.19. The zero-order valence-corrected chi connectivity index (χ0v) is 16.5. The van der Waals surface area contributed by atoms with Crippen molar-refractivity contribution in [1.29, 1.82) is 0 Å². The van der Waals surface area contributed by atoms with Crippen molar-refractivity contribution in [3.63, 3.8) is 0 Å². The van der Waals surface area contributed by atoms with Gasteiger partial charge in [0.25, 0.3) is 0 Å². The Morgan fingerprint density at radius 2 is 1.75 bits per heavy atom. The fourth-order valence-corrected chi connectivity index (χ4v) is 3.38. The number of methoxy groups -OCH3 is 1. The number of rotatable bonds is 7. The lowest BCUT2D eigenvalue weighted by Crippen LogP contribution is -2.16. The zero-order chi connectivity index (χ0) is 19.9. The summed E-state index contributed by atoms with van der Waals surface area (Å²) < 4.78 is 6.47. The molecule has 0 bridgehead atoms.